The third-order valence-corrected chi connectivity index (χ3v) is 6.13. The van der Waals surface area contributed by atoms with E-state index in [1.54, 1.807) is 24.8 Å². The summed E-state index contributed by atoms with van der Waals surface area (Å²) in [6.45, 7) is 12.2. The molecule has 0 unspecified atom stereocenters. The first-order valence-electron chi connectivity index (χ1n) is 8.31. The van der Waals surface area contributed by atoms with Crippen molar-refractivity contribution in [2.24, 2.45) is 0 Å². The Morgan fingerprint density at radius 1 is 1.28 bits per heavy atom. The van der Waals surface area contributed by atoms with Crippen LogP contribution >= 0.6 is 11.8 Å². The van der Waals surface area contributed by atoms with Crippen LogP contribution in [0.3, 0.4) is 0 Å². The lowest BCUT2D eigenvalue weighted by Crippen LogP contribution is -2.48. The van der Waals surface area contributed by atoms with Crippen molar-refractivity contribution in [3.8, 4) is 0 Å². The number of rotatable bonds is 7. The van der Waals surface area contributed by atoms with Crippen LogP contribution in [0, 0.1) is 13.8 Å². The maximum atomic E-state index is 12.5. The van der Waals surface area contributed by atoms with Gasteiger partial charge in [-0.15, -0.1) is 0 Å². The molecule has 1 aromatic rings. The van der Waals surface area contributed by atoms with E-state index in [2.05, 4.69) is 26.1 Å². The number of aryl methyl sites for hydroxylation is 2. The number of thioether (sulfide) groups is 1. The van der Waals surface area contributed by atoms with E-state index >= 15 is 0 Å². The summed E-state index contributed by atoms with van der Waals surface area (Å²) >= 11 is 1.76. The molecule has 0 bridgehead atoms. The Bertz CT molecular complexity index is 710. The smallest absolute Gasteiger partial charge is 0.243 e. The van der Waals surface area contributed by atoms with Crippen LogP contribution in [0.5, 0.6) is 0 Å². The van der Waals surface area contributed by atoms with E-state index in [9.17, 15) is 13.2 Å². The number of nitrogens with zero attached hydrogens (tertiary/aromatic N) is 1. The van der Waals surface area contributed by atoms with Gasteiger partial charge in [0.15, 0.2) is 0 Å². The predicted molar refractivity (Wildman–Crippen MR) is 108 cm³/mol. The van der Waals surface area contributed by atoms with Crippen molar-refractivity contribution in [3.63, 3.8) is 0 Å². The Labute approximate surface area is 156 Å². The summed E-state index contributed by atoms with van der Waals surface area (Å²) in [7, 11) is -3.59. The minimum atomic E-state index is -3.59. The van der Waals surface area contributed by atoms with Gasteiger partial charge in [0.1, 0.15) is 6.04 Å². The number of hydrogen-bond donors (Lipinski definition) is 1. The largest absolute Gasteiger partial charge is 0.353 e. The number of nitrogens with one attached hydrogen (secondary N) is 1. The Balaban J connectivity index is 2.93. The van der Waals surface area contributed by atoms with Crippen molar-refractivity contribution < 1.29 is 13.2 Å². The van der Waals surface area contributed by atoms with Crippen LogP contribution < -0.4 is 9.62 Å². The predicted octanol–water partition coefficient (Wildman–Crippen LogP) is 3.11. The fourth-order valence-electron chi connectivity index (χ4n) is 2.42. The molecule has 142 valence electrons. The van der Waals surface area contributed by atoms with Gasteiger partial charge >= 0.3 is 0 Å². The van der Waals surface area contributed by atoms with Crippen molar-refractivity contribution in [1.29, 1.82) is 0 Å². The highest BCUT2D eigenvalue weighted by Crippen LogP contribution is 2.26. The summed E-state index contributed by atoms with van der Waals surface area (Å²) in [6, 6.07) is 4.78. The second-order valence-corrected chi connectivity index (χ2v) is 11.1. The van der Waals surface area contributed by atoms with Gasteiger partial charge in [-0.3, -0.25) is 9.10 Å². The zero-order chi connectivity index (χ0) is 19.4. The zero-order valence-corrected chi connectivity index (χ0v) is 17.8. The average Bonchev–Trinajstić information content (AvgIpc) is 2.44. The van der Waals surface area contributed by atoms with Gasteiger partial charge in [-0.1, -0.05) is 32.9 Å². The first kappa shape index (κ1) is 21.8. The molecule has 25 heavy (non-hydrogen) atoms. The maximum Gasteiger partial charge on any atom is 0.243 e. The highest BCUT2D eigenvalue weighted by atomic mass is 32.2. The molecule has 1 rings (SSSR count). The molecule has 0 aliphatic heterocycles. The van der Waals surface area contributed by atoms with Gasteiger partial charge in [0.05, 0.1) is 11.9 Å². The number of amides is 1. The summed E-state index contributed by atoms with van der Waals surface area (Å²) in [4.78, 5) is 12.5. The van der Waals surface area contributed by atoms with Gasteiger partial charge in [0.25, 0.3) is 0 Å². The molecular weight excluding hydrogens is 356 g/mol. The van der Waals surface area contributed by atoms with E-state index < -0.39 is 16.1 Å². The van der Waals surface area contributed by atoms with Crippen LogP contribution in [0.1, 0.15) is 38.8 Å². The summed E-state index contributed by atoms with van der Waals surface area (Å²) in [5, 5.41) is 2.85. The average molecular weight is 387 g/mol. The topological polar surface area (TPSA) is 66.5 Å². The lowest BCUT2D eigenvalue weighted by Gasteiger charge is -2.30. The second-order valence-electron chi connectivity index (χ2n) is 7.28. The summed E-state index contributed by atoms with van der Waals surface area (Å²) in [5.74, 6) is 0.491. The molecule has 0 saturated heterocycles. The van der Waals surface area contributed by atoms with Gasteiger partial charge in [-0.25, -0.2) is 8.42 Å². The van der Waals surface area contributed by atoms with Gasteiger partial charge in [0.2, 0.25) is 15.9 Å². The van der Waals surface area contributed by atoms with E-state index in [1.165, 1.54) is 4.31 Å². The molecule has 0 saturated carbocycles. The molecular formula is C18H30N2O3S2. The molecule has 0 aromatic heterocycles. The molecule has 1 N–H and O–H groups in total. The molecule has 1 amide bonds. The third-order valence-electron chi connectivity index (χ3n) is 3.63. The first-order chi connectivity index (χ1) is 11.3. The van der Waals surface area contributed by atoms with Crippen molar-refractivity contribution in [3.05, 3.63) is 29.3 Å². The van der Waals surface area contributed by atoms with E-state index in [4.69, 9.17) is 0 Å². The van der Waals surface area contributed by atoms with Crippen LogP contribution in [0.25, 0.3) is 0 Å². The molecule has 0 aliphatic carbocycles. The van der Waals surface area contributed by atoms with E-state index in [1.807, 2.05) is 26.0 Å². The van der Waals surface area contributed by atoms with E-state index in [0.717, 1.165) is 23.1 Å². The molecule has 1 atom stereocenters. The van der Waals surface area contributed by atoms with Crippen LogP contribution in [0.2, 0.25) is 0 Å². The van der Waals surface area contributed by atoms with E-state index in [0.29, 0.717) is 12.2 Å². The van der Waals surface area contributed by atoms with Crippen LogP contribution in [0.15, 0.2) is 18.2 Å². The fraction of sp³-hybridized carbons (Fsp3) is 0.611. The number of carbonyl (C=O) groups excluding carboxylic acids is 1. The Morgan fingerprint density at radius 3 is 2.40 bits per heavy atom. The summed E-state index contributed by atoms with van der Waals surface area (Å²) in [6.07, 6.45) is 1.13. The summed E-state index contributed by atoms with van der Waals surface area (Å²) in [5.41, 5.74) is 2.32. The Hall–Kier alpha value is -1.21. The molecule has 0 heterocycles. The molecule has 7 heteroatoms. The molecule has 0 fully saturated rings. The lowest BCUT2D eigenvalue weighted by molar-refractivity contribution is -0.121. The van der Waals surface area contributed by atoms with Crippen LogP contribution in [-0.2, 0) is 14.8 Å². The molecule has 0 radical (unpaired) electrons. The van der Waals surface area contributed by atoms with Crippen LogP contribution in [0.4, 0.5) is 5.69 Å². The fourth-order valence-corrected chi connectivity index (χ4v) is 4.46. The quantitative estimate of drug-likeness (QED) is 0.731. The minimum Gasteiger partial charge on any atom is -0.353 e. The number of anilines is 1. The highest BCUT2D eigenvalue weighted by Gasteiger charge is 2.30. The number of sulfonamides is 1. The van der Waals surface area contributed by atoms with Crippen molar-refractivity contribution in [1.82, 2.24) is 5.32 Å². The normalized spacial score (nSPS) is 13.4. The minimum absolute atomic E-state index is 0.133. The highest BCUT2D eigenvalue weighted by molar-refractivity contribution is 8.00. The third kappa shape index (κ3) is 6.90. The Kier molecular flexibility index (Phi) is 7.38. The molecule has 0 spiro atoms. The number of benzene rings is 1. The van der Waals surface area contributed by atoms with Crippen molar-refractivity contribution in [2.75, 3.05) is 22.9 Å². The molecule has 5 nitrogen and oxygen atoms in total. The lowest BCUT2D eigenvalue weighted by atomic mass is 10.1. The number of hydrogen-bond acceptors (Lipinski definition) is 4. The van der Waals surface area contributed by atoms with Crippen molar-refractivity contribution >= 4 is 33.4 Å². The first-order valence-corrected chi connectivity index (χ1v) is 11.1. The van der Waals surface area contributed by atoms with Gasteiger partial charge in [-0.05, 0) is 38.0 Å². The standard InChI is InChI=1S/C18H30N2O3S2/c1-13-8-9-14(2)16(12-13)20(25(7,22)23)15(3)17(21)19-10-11-24-18(4,5)6/h8-9,12,15H,10-11H2,1-7H3,(H,19,21)/t15-/m1/s1. The molecule has 0 aliphatic rings. The maximum absolute atomic E-state index is 12.5. The SMILES string of the molecule is Cc1ccc(C)c(N([C@H](C)C(=O)NCCSC(C)(C)C)S(C)(=O)=O)c1. The Morgan fingerprint density at radius 2 is 1.88 bits per heavy atom. The van der Waals surface area contributed by atoms with Crippen LogP contribution in [-0.4, -0.2) is 43.7 Å². The van der Waals surface area contributed by atoms with Gasteiger partial charge in [0, 0.05) is 17.0 Å². The van der Waals surface area contributed by atoms with E-state index in [-0.39, 0.29) is 10.7 Å². The van der Waals surface area contributed by atoms with Gasteiger partial charge < -0.3 is 5.32 Å². The second kappa shape index (κ2) is 8.45. The summed E-state index contributed by atoms with van der Waals surface area (Å²) < 4.78 is 26.0. The number of carbonyl (C=O) groups is 1. The monoisotopic (exact) mass is 386 g/mol. The molecule has 1 aromatic carbocycles. The van der Waals surface area contributed by atoms with Crippen molar-refractivity contribution in [2.45, 2.75) is 52.3 Å². The zero-order valence-electron chi connectivity index (χ0n) is 16.2. The van der Waals surface area contributed by atoms with Gasteiger partial charge in [-0.2, -0.15) is 11.8 Å².